The smallest absolute Gasteiger partial charge is 0.276 e. The third-order valence-corrected chi connectivity index (χ3v) is 4.56. The maximum atomic E-state index is 12.2. The molecule has 0 aromatic heterocycles. The molecule has 1 amide bonds. The summed E-state index contributed by atoms with van der Waals surface area (Å²) < 4.78 is 10.3. The number of nitrogens with two attached hydrogens (primary N) is 1. The number of hydrogen-bond acceptors (Lipinski definition) is 6. The van der Waals surface area contributed by atoms with E-state index in [1.54, 1.807) is 6.07 Å². The Morgan fingerprint density at radius 3 is 2.54 bits per heavy atom. The Labute approximate surface area is 159 Å². The number of carbonyl (C=O) groups is 1. The molecular weight excluding hydrogens is 362 g/mol. The summed E-state index contributed by atoms with van der Waals surface area (Å²) in [5, 5.41) is 14.1. The van der Waals surface area contributed by atoms with E-state index in [0.717, 1.165) is 19.3 Å². The van der Waals surface area contributed by atoms with Crippen molar-refractivity contribution < 1.29 is 19.2 Å². The molecule has 2 rings (SSSR count). The lowest BCUT2D eigenvalue weighted by Gasteiger charge is -2.25. The fraction of sp³-hybridized carbons (Fsp3) is 0.588. The number of ether oxygens (including phenoxy) is 2. The largest absolute Gasteiger partial charge is 0.493 e. The third kappa shape index (κ3) is 5.47. The van der Waals surface area contributed by atoms with E-state index in [1.165, 1.54) is 20.3 Å². The molecule has 0 bridgehead atoms. The molecule has 0 saturated heterocycles. The number of nitro groups is 1. The van der Waals surface area contributed by atoms with Gasteiger partial charge in [0.15, 0.2) is 11.5 Å². The summed E-state index contributed by atoms with van der Waals surface area (Å²) in [4.78, 5) is 23.0. The fourth-order valence-electron chi connectivity index (χ4n) is 3.21. The van der Waals surface area contributed by atoms with Crippen molar-refractivity contribution in [2.75, 3.05) is 20.8 Å². The molecule has 9 heteroatoms. The average Bonchev–Trinajstić information content (AvgIpc) is 2.60. The average molecular weight is 388 g/mol. The molecule has 1 aromatic rings. The van der Waals surface area contributed by atoms with Gasteiger partial charge in [-0.1, -0.05) is 6.42 Å². The second-order valence-electron chi connectivity index (χ2n) is 6.26. The second-order valence-corrected chi connectivity index (χ2v) is 6.26. The molecule has 1 fully saturated rings. The lowest BCUT2D eigenvalue weighted by molar-refractivity contribution is -0.385. The topological polar surface area (TPSA) is 117 Å². The van der Waals surface area contributed by atoms with Crippen LogP contribution in [0.2, 0.25) is 0 Å². The molecule has 26 heavy (non-hydrogen) atoms. The highest BCUT2D eigenvalue weighted by molar-refractivity contribution is 5.85. The molecule has 1 aliphatic rings. The third-order valence-electron chi connectivity index (χ3n) is 4.56. The van der Waals surface area contributed by atoms with E-state index in [2.05, 4.69) is 5.32 Å². The van der Waals surface area contributed by atoms with Crippen molar-refractivity contribution in [2.24, 2.45) is 11.7 Å². The van der Waals surface area contributed by atoms with E-state index in [-0.39, 0.29) is 36.0 Å². The Morgan fingerprint density at radius 1 is 1.31 bits per heavy atom. The SMILES string of the molecule is COc1cc(CCNC(=O)C2CCCC(N)C2)c([N+](=O)[O-])cc1OC.Cl. The van der Waals surface area contributed by atoms with Gasteiger partial charge in [0, 0.05) is 24.1 Å². The van der Waals surface area contributed by atoms with Crippen LogP contribution < -0.4 is 20.5 Å². The number of hydrogen-bond donors (Lipinski definition) is 2. The quantitative estimate of drug-likeness (QED) is 0.547. The predicted molar refractivity (Wildman–Crippen MR) is 100 cm³/mol. The minimum Gasteiger partial charge on any atom is -0.493 e. The van der Waals surface area contributed by atoms with E-state index < -0.39 is 4.92 Å². The Balaban J connectivity index is 0.00000338. The van der Waals surface area contributed by atoms with E-state index in [0.29, 0.717) is 36.4 Å². The van der Waals surface area contributed by atoms with E-state index in [1.807, 2.05) is 0 Å². The zero-order valence-corrected chi connectivity index (χ0v) is 15.8. The summed E-state index contributed by atoms with van der Waals surface area (Å²) in [5.74, 6) is 0.633. The van der Waals surface area contributed by atoms with Crippen LogP contribution in [-0.4, -0.2) is 37.6 Å². The maximum absolute atomic E-state index is 12.2. The zero-order chi connectivity index (χ0) is 18.4. The predicted octanol–water partition coefficient (Wildman–Crippen LogP) is 2.21. The minimum atomic E-state index is -0.459. The van der Waals surface area contributed by atoms with Crippen LogP contribution in [0.1, 0.15) is 31.2 Å². The van der Waals surface area contributed by atoms with Crippen molar-refractivity contribution in [1.82, 2.24) is 5.32 Å². The number of methoxy groups -OCH3 is 2. The summed E-state index contributed by atoms with van der Waals surface area (Å²) >= 11 is 0. The first kappa shape index (κ1) is 22.0. The number of carbonyl (C=O) groups excluding carboxylic acids is 1. The van der Waals surface area contributed by atoms with Crippen molar-refractivity contribution in [3.05, 3.63) is 27.8 Å². The van der Waals surface area contributed by atoms with Gasteiger partial charge in [-0.15, -0.1) is 12.4 Å². The van der Waals surface area contributed by atoms with Crippen LogP contribution in [0.4, 0.5) is 5.69 Å². The number of nitrogens with one attached hydrogen (secondary N) is 1. The first-order valence-corrected chi connectivity index (χ1v) is 8.38. The molecule has 2 atom stereocenters. The van der Waals surface area contributed by atoms with Gasteiger partial charge in [-0.05, 0) is 31.7 Å². The molecule has 146 valence electrons. The highest BCUT2D eigenvalue weighted by Gasteiger charge is 2.25. The summed E-state index contributed by atoms with van der Waals surface area (Å²) in [7, 11) is 2.90. The highest BCUT2D eigenvalue weighted by atomic mass is 35.5. The Bertz CT molecular complexity index is 641. The van der Waals surface area contributed by atoms with Gasteiger partial charge in [-0.2, -0.15) is 0 Å². The van der Waals surface area contributed by atoms with Gasteiger partial charge in [0.1, 0.15) is 0 Å². The van der Waals surface area contributed by atoms with Crippen LogP contribution in [0, 0.1) is 16.0 Å². The molecule has 2 unspecified atom stereocenters. The summed E-state index contributed by atoms with van der Waals surface area (Å²) in [5.41, 5.74) is 6.35. The van der Waals surface area contributed by atoms with Crippen LogP contribution in [0.3, 0.4) is 0 Å². The van der Waals surface area contributed by atoms with Gasteiger partial charge >= 0.3 is 0 Å². The number of benzene rings is 1. The number of rotatable bonds is 7. The van der Waals surface area contributed by atoms with Crippen LogP contribution in [-0.2, 0) is 11.2 Å². The van der Waals surface area contributed by atoms with Gasteiger partial charge in [-0.3, -0.25) is 14.9 Å². The number of amides is 1. The molecule has 1 saturated carbocycles. The van der Waals surface area contributed by atoms with E-state index in [9.17, 15) is 14.9 Å². The Kier molecular flexibility index (Phi) is 8.60. The Morgan fingerprint density at radius 2 is 1.96 bits per heavy atom. The fourth-order valence-corrected chi connectivity index (χ4v) is 3.21. The van der Waals surface area contributed by atoms with Gasteiger partial charge in [0.25, 0.3) is 5.69 Å². The molecule has 1 aliphatic carbocycles. The Hall–Kier alpha value is -2.06. The summed E-state index contributed by atoms with van der Waals surface area (Å²) in [6.45, 7) is 0.320. The normalized spacial score (nSPS) is 19.2. The van der Waals surface area contributed by atoms with Crippen LogP contribution in [0.5, 0.6) is 11.5 Å². The van der Waals surface area contributed by atoms with E-state index >= 15 is 0 Å². The lowest BCUT2D eigenvalue weighted by Crippen LogP contribution is -2.38. The number of nitrogens with zero attached hydrogens (tertiary/aromatic N) is 1. The van der Waals surface area contributed by atoms with Crippen molar-refractivity contribution >= 4 is 24.0 Å². The van der Waals surface area contributed by atoms with Crippen LogP contribution in [0.25, 0.3) is 0 Å². The second kappa shape index (κ2) is 10.2. The molecular formula is C17H26ClN3O5. The lowest BCUT2D eigenvalue weighted by atomic mass is 9.85. The molecule has 8 nitrogen and oxygen atoms in total. The number of halogens is 1. The minimum absolute atomic E-state index is 0. The molecule has 0 radical (unpaired) electrons. The molecule has 0 aliphatic heterocycles. The van der Waals surface area contributed by atoms with Crippen LogP contribution in [0.15, 0.2) is 12.1 Å². The zero-order valence-electron chi connectivity index (χ0n) is 15.0. The summed E-state index contributed by atoms with van der Waals surface area (Å²) in [6, 6.07) is 3.01. The van der Waals surface area contributed by atoms with Crippen molar-refractivity contribution in [3.63, 3.8) is 0 Å². The number of nitro benzene ring substituents is 1. The van der Waals surface area contributed by atoms with Gasteiger partial charge in [-0.25, -0.2) is 0 Å². The van der Waals surface area contributed by atoms with Crippen LogP contribution >= 0.6 is 12.4 Å². The monoisotopic (exact) mass is 387 g/mol. The molecule has 0 spiro atoms. The van der Waals surface area contributed by atoms with Gasteiger partial charge in [0.05, 0.1) is 25.2 Å². The molecule has 0 heterocycles. The molecule has 1 aromatic carbocycles. The standard InChI is InChI=1S/C17H25N3O5.ClH/c1-24-15-9-11(14(20(22)23)10-16(15)25-2)6-7-19-17(21)12-4-3-5-13(18)8-12;/h9-10,12-13H,3-8,18H2,1-2H3,(H,19,21);1H. The van der Waals surface area contributed by atoms with Gasteiger partial charge < -0.3 is 20.5 Å². The first-order chi connectivity index (χ1) is 12.0. The summed E-state index contributed by atoms with van der Waals surface area (Å²) in [6.07, 6.45) is 3.79. The molecule has 3 N–H and O–H groups in total. The first-order valence-electron chi connectivity index (χ1n) is 8.38. The van der Waals surface area contributed by atoms with Crippen molar-refractivity contribution in [3.8, 4) is 11.5 Å². The highest BCUT2D eigenvalue weighted by Crippen LogP contribution is 2.34. The van der Waals surface area contributed by atoms with Crippen molar-refractivity contribution in [2.45, 2.75) is 38.1 Å². The van der Waals surface area contributed by atoms with E-state index in [4.69, 9.17) is 15.2 Å². The van der Waals surface area contributed by atoms with Crippen molar-refractivity contribution in [1.29, 1.82) is 0 Å². The maximum Gasteiger partial charge on any atom is 0.276 e. The van der Waals surface area contributed by atoms with Gasteiger partial charge in [0.2, 0.25) is 5.91 Å².